The highest BCUT2D eigenvalue weighted by Crippen LogP contribution is 2.08. The second-order valence-corrected chi connectivity index (χ2v) is 2.81. The molecule has 0 aliphatic carbocycles. The molecule has 0 saturated carbocycles. The molecule has 0 rings (SSSR count). The third kappa shape index (κ3) is 4.32. The zero-order valence-electron chi connectivity index (χ0n) is 8.17. The summed E-state index contributed by atoms with van der Waals surface area (Å²) in [6, 6.07) is 1.67. The molecule has 3 heteroatoms. The predicted molar refractivity (Wildman–Crippen MR) is 49.8 cm³/mol. The molecule has 0 aromatic heterocycles. The van der Waals surface area contributed by atoms with E-state index in [1.807, 2.05) is 13.8 Å². The minimum Gasteiger partial charge on any atom is -0.458 e. The van der Waals surface area contributed by atoms with Crippen LogP contribution in [0, 0.1) is 11.3 Å². The summed E-state index contributed by atoms with van der Waals surface area (Å²) in [5.74, 6) is -0.595. The molecule has 0 aromatic carbocycles. The molecule has 0 fully saturated rings. The molecule has 0 N–H and O–H groups in total. The van der Waals surface area contributed by atoms with Gasteiger partial charge in [0.15, 0.2) is 0 Å². The monoisotopic (exact) mass is 181 g/mol. The average molecular weight is 181 g/mol. The van der Waals surface area contributed by atoms with E-state index < -0.39 is 5.97 Å². The molecule has 0 heterocycles. The van der Waals surface area contributed by atoms with E-state index in [9.17, 15) is 4.79 Å². The summed E-state index contributed by atoms with van der Waals surface area (Å²) in [6.07, 6.45) is 2.49. The Labute approximate surface area is 79.0 Å². The van der Waals surface area contributed by atoms with Crippen molar-refractivity contribution in [2.75, 3.05) is 0 Å². The maximum absolute atomic E-state index is 11.1. The molecule has 0 saturated heterocycles. The van der Waals surface area contributed by atoms with Crippen LogP contribution in [-0.4, -0.2) is 12.1 Å². The van der Waals surface area contributed by atoms with Gasteiger partial charge in [0.2, 0.25) is 0 Å². The zero-order chi connectivity index (χ0) is 10.3. The van der Waals surface area contributed by atoms with Crippen LogP contribution < -0.4 is 0 Å². The van der Waals surface area contributed by atoms with E-state index >= 15 is 0 Å². The van der Waals surface area contributed by atoms with E-state index in [1.165, 1.54) is 0 Å². The molecular weight excluding hydrogens is 166 g/mol. The normalized spacial score (nSPS) is 11.5. The van der Waals surface area contributed by atoms with Crippen molar-refractivity contribution in [3.63, 3.8) is 0 Å². The molecule has 0 amide bonds. The molecule has 0 aliphatic heterocycles. The summed E-state index contributed by atoms with van der Waals surface area (Å²) in [6.45, 7) is 7.26. The van der Waals surface area contributed by atoms with Crippen molar-refractivity contribution >= 4 is 5.97 Å². The van der Waals surface area contributed by atoms with Gasteiger partial charge in [-0.2, -0.15) is 5.26 Å². The Balaban J connectivity index is 4.02. The summed E-state index contributed by atoms with van der Waals surface area (Å²) in [7, 11) is 0. The van der Waals surface area contributed by atoms with Gasteiger partial charge in [-0.15, -0.1) is 0 Å². The standard InChI is InChI=1S/C10H15NO2/c1-4-6-9(5-2)13-10(12)8(3)7-11/h9H,3-6H2,1-2H3. The summed E-state index contributed by atoms with van der Waals surface area (Å²) in [5.41, 5.74) is -0.130. The lowest BCUT2D eigenvalue weighted by molar-refractivity contribution is -0.144. The fourth-order valence-corrected chi connectivity index (χ4v) is 0.937. The second-order valence-electron chi connectivity index (χ2n) is 2.81. The quantitative estimate of drug-likeness (QED) is 0.371. The molecular formula is C10H15NO2. The van der Waals surface area contributed by atoms with Crippen LogP contribution in [0.5, 0.6) is 0 Å². The van der Waals surface area contributed by atoms with Crippen LogP contribution in [0.1, 0.15) is 33.1 Å². The zero-order valence-corrected chi connectivity index (χ0v) is 8.17. The molecule has 13 heavy (non-hydrogen) atoms. The second kappa shape index (κ2) is 6.24. The minimum atomic E-state index is -0.595. The number of ether oxygens (including phenoxy) is 1. The first-order valence-corrected chi connectivity index (χ1v) is 4.45. The highest BCUT2D eigenvalue weighted by molar-refractivity contribution is 5.91. The Morgan fingerprint density at radius 2 is 2.23 bits per heavy atom. The maximum Gasteiger partial charge on any atom is 0.348 e. The van der Waals surface area contributed by atoms with E-state index in [4.69, 9.17) is 10.00 Å². The lowest BCUT2D eigenvalue weighted by Gasteiger charge is -2.14. The summed E-state index contributed by atoms with van der Waals surface area (Å²) in [5, 5.41) is 8.37. The number of carbonyl (C=O) groups is 1. The lowest BCUT2D eigenvalue weighted by atomic mass is 10.1. The van der Waals surface area contributed by atoms with E-state index in [-0.39, 0.29) is 11.7 Å². The molecule has 0 aliphatic rings. The molecule has 72 valence electrons. The van der Waals surface area contributed by atoms with Gasteiger partial charge in [0.1, 0.15) is 17.7 Å². The number of hydrogen-bond acceptors (Lipinski definition) is 3. The summed E-state index contributed by atoms with van der Waals surface area (Å²) in [4.78, 5) is 11.1. The number of hydrogen-bond donors (Lipinski definition) is 0. The van der Waals surface area contributed by atoms with E-state index in [1.54, 1.807) is 6.07 Å². The summed E-state index contributed by atoms with van der Waals surface area (Å²) < 4.78 is 5.03. The van der Waals surface area contributed by atoms with Crippen molar-refractivity contribution in [2.24, 2.45) is 0 Å². The van der Waals surface area contributed by atoms with Gasteiger partial charge in [-0.1, -0.05) is 26.8 Å². The Hall–Kier alpha value is -1.30. The number of esters is 1. The van der Waals surface area contributed by atoms with Crippen molar-refractivity contribution in [1.82, 2.24) is 0 Å². The van der Waals surface area contributed by atoms with Gasteiger partial charge in [-0.3, -0.25) is 0 Å². The van der Waals surface area contributed by atoms with E-state index in [0.717, 1.165) is 19.3 Å². The van der Waals surface area contributed by atoms with Crippen LogP contribution in [0.25, 0.3) is 0 Å². The first-order valence-electron chi connectivity index (χ1n) is 4.45. The number of nitrogens with zero attached hydrogens (tertiary/aromatic N) is 1. The van der Waals surface area contributed by atoms with E-state index in [2.05, 4.69) is 6.58 Å². The molecule has 1 atom stereocenters. The summed E-state index contributed by atoms with van der Waals surface area (Å²) >= 11 is 0. The van der Waals surface area contributed by atoms with Crippen LogP contribution in [0.15, 0.2) is 12.2 Å². The Morgan fingerprint density at radius 1 is 1.62 bits per heavy atom. The highest BCUT2D eigenvalue weighted by atomic mass is 16.5. The van der Waals surface area contributed by atoms with Gasteiger partial charge in [-0.05, 0) is 12.8 Å². The third-order valence-electron chi connectivity index (χ3n) is 1.72. The third-order valence-corrected chi connectivity index (χ3v) is 1.72. The van der Waals surface area contributed by atoms with Crippen molar-refractivity contribution in [3.05, 3.63) is 12.2 Å². The molecule has 0 aromatic rings. The van der Waals surface area contributed by atoms with Crippen LogP contribution >= 0.6 is 0 Å². The Bertz CT molecular complexity index is 228. The maximum atomic E-state index is 11.1. The van der Waals surface area contributed by atoms with Crippen LogP contribution in [0.4, 0.5) is 0 Å². The number of rotatable bonds is 5. The Morgan fingerprint density at radius 3 is 2.62 bits per heavy atom. The Kier molecular flexibility index (Phi) is 5.62. The topological polar surface area (TPSA) is 50.1 Å². The molecule has 0 bridgehead atoms. The first-order chi connectivity index (χ1) is 6.15. The molecule has 1 unspecified atom stereocenters. The van der Waals surface area contributed by atoms with Gasteiger partial charge in [0.05, 0.1) is 0 Å². The fourth-order valence-electron chi connectivity index (χ4n) is 0.937. The van der Waals surface area contributed by atoms with Crippen LogP contribution in [-0.2, 0) is 9.53 Å². The van der Waals surface area contributed by atoms with Crippen molar-refractivity contribution in [2.45, 2.75) is 39.2 Å². The minimum absolute atomic E-state index is 0.0809. The fraction of sp³-hybridized carbons (Fsp3) is 0.600. The van der Waals surface area contributed by atoms with Gasteiger partial charge in [0, 0.05) is 0 Å². The highest BCUT2D eigenvalue weighted by Gasteiger charge is 2.13. The number of nitriles is 1. The lowest BCUT2D eigenvalue weighted by Crippen LogP contribution is -2.17. The molecule has 0 spiro atoms. The first kappa shape index (κ1) is 11.7. The molecule has 3 nitrogen and oxygen atoms in total. The van der Waals surface area contributed by atoms with Crippen molar-refractivity contribution in [1.29, 1.82) is 5.26 Å². The number of carbonyl (C=O) groups excluding carboxylic acids is 1. The van der Waals surface area contributed by atoms with Gasteiger partial charge < -0.3 is 4.74 Å². The SMILES string of the molecule is C=C(C#N)C(=O)OC(CC)CCC. The van der Waals surface area contributed by atoms with Gasteiger partial charge >= 0.3 is 5.97 Å². The predicted octanol–water partition coefficient (Wildman–Crippen LogP) is 2.19. The van der Waals surface area contributed by atoms with E-state index in [0.29, 0.717) is 0 Å². The average Bonchev–Trinajstić information content (AvgIpc) is 2.15. The van der Waals surface area contributed by atoms with Crippen molar-refractivity contribution < 1.29 is 9.53 Å². The van der Waals surface area contributed by atoms with Gasteiger partial charge in [0.25, 0.3) is 0 Å². The van der Waals surface area contributed by atoms with Crippen LogP contribution in [0.3, 0.4) is 0 Å². The van der Waals surface area contributed by atoms with Gasteiger partial charge in [-0.25, -0.2) is 4.79 Å². The smallest absolute Gasteiger partial charge is 0.348 e. The van der Waals surface area contributed by atoms with Crippen molar-refractivity contribution in [3.8, 4) is 6.07 Å². The molecule has 0 radical (unpaired) electrons. The largest absolute Gasteiger partial charge is 0.458 e. The van der Waals surface area contributed by atoms with Crippen LogP contribution in [0.2, 0.25) is 0 Å².